The van der Waals surface area contributed by atoms with Gasteiger partial charge in [0.2, 0.25) is 5.91 Å². The van der Waals surface area contributed by atoms with Gasteiger partial charge in [-0.1, -0.05) is 0 Å². The predicted molar refractivity (Wildman–Crippen MR) is 66.1 cm³/mol. The molecule has 2 rings (SSSR count). The van der Waals surface area contributed by atoms with Crippen molar-refractivity contribution < 1.29 is 22.7 Å². The number of hydrogen-bond acceptors (Lipinski definition) is 3. The van der Waals surface area contributed by atoms with Gasteiger partial charge >= 0.3 is 6.36 Å². The molecule has 106 valence electrons. The summed E-state index contributed by atoms with van der Waals surface area (Å²) in [5, 5.41) is 0.413. The molecule has 0 aliphatic rings. The van der Waals surface area contributed by atoms with E-state index in [1.165, 1.54) is 18.2 Å². The molecule has 7 heteroatoms. The Balaban J connectivity index is 2.53. The van der Waals surface area contributed by atoms with Crippen molar-refractivity contribution in [2.75, 3.05) is 0 Å². The Morgan fingerprint density at radius 2 is 2.05 bits per heavy atom. The minimum atomic E-state index is -4.77. The Kier molecular flexibility index (Phi) is 3.52. The van der Waals surface area contributed by atoms with Gasteiger partial charge in [-0.2, -0.15) is 0 Å². The number of rotatable bonds is 3. The van der Waals surface area contributed by atoms with Crippen LogP contribution in [-0.2, 0) is 11.2 Å². The number of aromatic nitrogens is 1. The lowest BCUT2D eigenvalue weighted by molar-refractivity contribution is -0.274. The number of aryl methyl sites for hydroxylation is 1. The minimum absolute atomic E-state index is 0.0741. The molecule has 0 spiro atoms. The Morgan fingerprint density at radius 1 is 1.35 bits per heavy atom. The molecule has 0 saturated carbocycles. The van der Waals surface area contributed by atoms with E-state index in [1.807, 2.05) is 0 Å². The molecule has 0 unspecified atom stereocenters. The third kappa shape index (κ3) is 3.37. The number of amides is 1. The monoisotopic (exact) mass is 284 g/mol. The van der Waals surface area contributed by atoms with E-state index in [4.69, 9.17) is 5.73 Å². The molecule has 0 aliphatic heterocycles. The van der Waals surface area contributed by atoms with E-state index < -0.39 is 12.3 Å². The Hall–Kier alpha value is -2.31. The second-order valence-corrected chi connectivity index (χ2v) is 4.29. The SMILES string of the molecule is Cc1cc(CC(N)=O)c2cc(OC(F)(F)F)ccc2n1. The maximum atomic E-state index is 12.2. The molecule has 20 heavy (non-hydrogen) atoms. The zero-order valence-corrected chi connectivity index (χ0v) is 10.5. The highest BCUT2D eigenvalue weighted by molar-refractivity contribution is 5.88. The highest BCUT2D eigenvalue weighted by atomic mass is 19.4. The van der Waals surface area contributed by atoms with Crippen molar-refractivity contribution in [3.05, 3.63) is 35.5 Å². The molecule has 2 N–H and O–H groups in total. The quantitative estimate of drug-likeness (QED) is 0.941. The normalized spacial score (nSPS) is 11.6. The number of ether oxygens (including phenoxy) is 1. The first-order valence-electron chi connectivity index (χ1n) is 5.69. The minimum Gasteiger partial charge on any atom is -0.406 e. The van der Waals surface area contributed by atoms with Crippen LogP contribution in [0.15, 0.2) is 24.3 Å². The van der Waals surface area contributed by atoms with E-state index in [2.05, 4.69) is 9.72 Å². The van der Waals surface area contributed by atoms with Gasteiger partial charge in [0.05, 0.1) is 11.9 Å². The van der Waals surface area contributed by atoms with Crippen LogP contribution in [-0.4, -0.2) is 17.3 Å². The fraction of sp³-hybridized carbons (Fsp3) is 0.231. The van der Waals surface area contributed by atoms with Crippen LogP contribution in [0.1, 0.15) is 11.3 Å². The number of primary amides is 1. The number of nitrogens with two attached hydrogens (primary N) is 1. The molecular weight excluding hydrogens is 273 g/mol. The van der Waals surface area contributed by atoms with Crippen molar-refractivity contribution in [1.82, 2.24) is 4.98 Å². The molecule has 0 atom stereocenters. The van der Waals surface area contributed by atoms with Crippen molar-refractivity contribution in [2.24, 2.45) is 5.73 Å². The molecule has 0 aliphatic carbocycles. The lowest BCUT2D eigenvalue weighted by Gasteiger charge is -2.11. The van der Waals surface area contributed by atoms with Crippen LogP contribution in [0.2, 0.25) is 0 Å². The first kappa shape index (κ1) is 14.1. The number of halogens is 3. The summed E-state index contributed by atoms with van der Waals surface area (Å²) in [4.78, 5) is 15.2. The maximum Gasteiger partial charge on any atom is 0.573 e. The number of carbonyl (C=O) groups excluding carboxylic acids is 1. The molecule has 1 heterocycles. The van der Waals surface area contributed by atoms with Gasteiger partial charge in [0.25, 0.3) is 0 Å². The number of pyridine rings is 1. The molecule has 1 aromatic heterocycles. The highest BCUT2D eigenvalue weighted by Gasteiger charge is 2.31. The van der Waals surface area contributed by atoms with E-state index in [-0.39, 0.29) is 12.2 Å². The standard InChI is InChI=1S/C13H11F3N2O2/c1-7-4-8(5-12(17)19)10-6-9(20-13(14,15)16)2-3-11(10)18-7/h2-4,6H,5H2,1H3,(H2,17,19). The van der Waals surface area contributed by atoms with Crippen molar-refractivity contribution in [3.8, 4) is 5.75 Å². The van der Waals surface area contributed by atoms with Crippen molar-refractivity contribution in [1.29, 1.82) is 0 Å². The van der Waals surface area contributed by atoms with E-state index >= 15 is 0 Å². The van der Waals surface area contributed by atoms with Gasteiger partial charge in [0.1, 0.15) is 5.75 Å². The molecule has 1 amide bonds. The first-order valence-corrected chi connectivity index (χ1v) is 5.69. The summed E-state index contributed by atoms with van der Waals surface area (Å²) in [7, 11) is 0. The second-order valence-electron chi connectivity index (χ2n) is 4.29. The van der Waals surface area contributed by atoms with E-state index in [1.54, 1.807) is 13.0 Å². The summed E-state index contributed by atoms with van der Waals surface area (Å²) in [5.41, 5.74) is 6.79. The van der Waals surface area contributed by atoms with Gasteiger partial charge in [-0.25, -0.2) is 0 Å². The lowest BCUT2D eigenvalue weighted by atomic mass is 10.0. The third-order valence-corrected chi connectivity index (χ3v) is 2.59. The third-order valence-electron chi connectivity index (χ3n) is 2.59. The smallest absolute Gasteiger partial charge is 0.406 e. The van der Waals surface area contributed by atoms with Crippen LogP contribution in [0.3, 0.4) is 0 Å². The fourth-order valence-corrected chi connectivity index (χ4v) is 1.95. The van der Waals surface area contributed by atoms with Crippen molar-refractivity contribution >= 4 is 16.8 Å². The van der Waals surface area contributed by atoms with Gasteiger partial charge < -0.3 is 10.5 Å². The van der Waals surface area contributed by atoms with E-state index in [0.29, 0.717) is 22.2 Å². The Bertz CT molecular complexity index is 668. The second kappa shape index (κ2) is 4.99. The number of benzene rings is 1. The summed E-state index contributed by atoms with van der Waals surface area (Å²) in [6, 6.07) is 5.40. The summed E-state index contributed by atoms with van der Waals surface area (Å²) in [6.07, 6.45) is -4.84. The van der Waals surface area contributed by atoms with E-state index in [9.17, 15) is 18.0 Å². The molecule has 2 aromatic rings. The van der Waals surface area contributed by atoms with Crippen LogP contribution >= 0.6 is 0 Å². The largest absolute Gasteiger partial charge is 0.573 e. The average Bonchev–Trinajstić information content (AvgIpc) is 2.27. The summed E-state index contributed by atoms with van der Waals surface area (Å²) >= 11 is 0. The highest BCUT2D eigenvalue weighted by Crippen LogP contribution is 2.28. The number of fused-ring (bicyclic) bond motifs is 1. The van der Waals surface area contributed by atoms with Gasteiger partial charge in [-0.15, -0.1) is 13.2 Å². The zero-order chi connectivity index (χ0) is 14.9. The van der Waals surface area contributed by atoms with Gasteiger partial charge in [0.15, 0.2) is 0 Å². The van der Waals surface area contributed by atoms with Crippen LogP contribution < -0.4 is 10.5 Å². The average molecular weight is 284 g/mol. The molecule has 0 saturated heterocycles. The Morgan fingerprint density at radius 3 is 2.65 bits per heavy atom. The Labute approximate surface area is 112 Å². The zero-order valence-electron chi connectivity index (χ0n) is 10.5. The van der Waals surface area contributed by atoms with Crippen LogP contribution in [0.5, 0.6) is 5.75 Å². The molecule has 0 bridgehead atoms. The summed E-state index contributed by atoms with van der Waals surface area (Å²) in [6.45, 7) is 1.73. The number of alkyl halides is 3. The van der Waals surface area contributed by atoms with Gasteiger partial charge in [-0.3, -0.25) is 9.78 Å². The molecule has 1 aromatic carbocycles. The maximum absolute atomic E-state index is 12.2. The first-order chi connectivity index (χ1) is 9.24. The van der Waals surface area contributed by atoms with Crippen LogP contribution in [0.25, 0.3) is 10.9 Å². The van der Waals surface area contributed by atoms with Gasteiger partial charge in [-0.05, 0) is 36.8 Å². The molecule has 4 nitrogen and oxygen atoms in total. The van der Waals surface area contributed by atoms with Crippen molar-refractivity contribution in [2.45, 2.75) is 19.7 Å². The van der Waals surface area contributed by atoms with Gasteiger partial charge in [0, 0.05) is 11.1 Å². The fourth-order valence-electron chi connectivity index (χ4n) is 1.95. The summed E-state index contributed by atoms with van der Waals surface area (Å²) in [5.74, 6) is -0.930. The molecular formula is C13H11F3N2O2. The van der Waals surface area contributed by atoms with Crippen LogP contribution in [0.4, 0.5) is 13.2 Å². The number of hydrogen-bond donors (Lipinski definition) is 1. The number of carbonyl (C=O) groups is 1. The lowest BCUT2D eigenvalue weighted by Crippen LogP contribution is -2.17. The molecule has 0 radical (unpaired) electrons. The van der Waals surface area contributed by atoms with Crippen molar-refractivity contribution in [3.63, 3.8) is 0 Å². The topological polar surface area (TPSA) is 65.2 Å². The van der Waals surface area contributed by atoms with Crippen LogP contribution in [0, 0.1) is 6.92 Å². The summed E-state index contributed by atoms with van der Waals surface area (Å²) < 4.78 is 40.5. The number of nitrogens with zero attached hydrogens (tertiary/aromatic N) is 1. The van der Waals surface area contributed by atoms with E-state index in [0.717, 1.165) is 0 Å². The predicted octanol–water partition coefficient (Wildman–Crippen LogP) is 2.47. The molecule has 0 fully saturated rings.